The minimum absolute atomic E-state index is 0.0189. The summed E-state index contributed by atoms with van der Waals surface area (Å²) in [6, 6.07) is 35.1. The molecule has 0 spiro atoms. The van der Waals surface area contributed by atoms with Crippen LogP contribution in [0, 0.1) is 13.8 Å². The summed E-state index contributed by atoms with van der Waals surface area (Å²) in [5.41, 5.74) is 12.2. The second kappa shape index (κ2) is 15.5. The average molecular weight is 892 g/mol. The lowest BCUT2D eigenvalue weighted by molar-refractivity contribution is 0.122. The van der Waals surface area contributed by atoms with Crippen LogP contribution in [0.25, 0.3) is 77.2 Å². The number of benzene rings is 6. The minimum Gasteiger partial charge on any atom is -0.488 e. The van der Waals surface area contributed by atoms with Crippen LogP contribution in [0.3, 0.4) is 0 Å². The van der Waals surface area contributed by atoms with E-state index in [1.807, 2.05) is 77.9 Å². The Morgan fingerprint density at radius 1 is 0.567 bits per heavy atom. The number of hydrogen-bond donors (Lipinski definition) is 0. The van der Waals surface area contributed by atoms with Gasteiger partial charge in [-0.25, -0.2) is 9.59 Å². The van der Waals surface area contributed by atoms with Crippen molar-refractivity contribution in [2.24, 2.45) is 0 Å². The van der Waals surface area contributed by atoms with Crippen LogP contribution < -0.4 is 25.6 Å². The van der Waals surface area contributed by atoms with Gasteiger partial charge in [-0.3, -0.25) is 0 Å². The molecule has 10 rings (SSSR count). The Bertz CT molecular complexity index is 3440. The molecule has 0 fully saturated rings. The number of rotatable bonds is 6. The van der Waals surface area contributed by atoms with Crippen molar-refractivity contribution in [2.75, 3.05) is 18.0 Å². The van der Waals surface area contributed by atoms with Crippen molar-refractivity contribution < 1.29 is 18.3 Å². The third-order valence-corrected chi connectivity index (χ3v) is 13.9. The van der Waals surface area contributed by atoms with Crippen molar-refractivity contribution in [3.8, 4) is 56.0 Å². The van der Waals surface area contributed by atoms with Gasteiger partial charge in [0.25, 0.3) is 0 Å². The Labute approximate surface area is 393 Å². The highest BCUT2D eigenvalue weighted by molar-refractivity contribution is 6.07. The molecule has 0 bridgehead atoms. The molecule has 0 unspecified atom stereocenters. The largest absolute Gasteiger partial charge is 0.488 e. The first-order valence-electron chi connectivity index (χ1n) is 23.7. The maximum Gasteiger partial charge on any atom is 0.344 e. The normalized spacial score (nSPS) is 15.6. The second-order valence-corrected chi connectivity index (χ2v) is 22.2. The zero-order chi connectivity index (χ0) is 47.5. The van der Waals surface area contributed by atoms with E-state index in [1.54, 1.807) is 6.07 Å². The highest BCUT2D eigenvalue weighted by atomic mass is 16.5. The quantitative estimate of drug-likeness (QED) is 0.154. The molecule has 0 aliphatic carbocycles. The molecule has 6 aromatic carbocycles. The average Bonchev–Trinajstić information content (AvgIpc) is 3.24. The van der Waals surface area contributed by atoms with Gasteiger partial charge >= 0.3 is 11.3 Å². The fraction of sp³-hybridized carbons (Fsp3) is 0.333. The van der Waals surface area contributed by atoms with E-state index in [9.17, 15) is 9.59 Å². The van der Waals surface area contributed by atoms with Gasteiger partial charge in [0.2, 0.25) is 0 Å². The standard InChI is InChI=1S/C60H61NO6/c1-34-16-23-43-42(50(34)37-20-18-36(19-21-37)44-29-40-30-47-53-52(54(40)65-56(44)63)60(11,12)25-27-61(53)26-24-59(47,9)10)22-17-35(2)51(43)39-15-13-14-38(28-39)45-33-46-48(64-55(45)62)31-41(66-57(3,4)5)32-49(46)67-58(6,7)8/h13-23,28-33H,24-27H2,1-12H3. The van der Waals surface area contributed by atoms with Crippen molar-refractivity contribution in [3.05, 3.63) is 146 Å². The van der Waals surface area contributed by atoms with Crippen LogP contribution in [0.4, 0.5) is 5.69 Å². The van der Waals surface area contributed by atoms with Gasteiger partial charge in [-0.2, -0.15) is 0 Å². The maximum atomic E-state index is 14.0. The molecule has 0 N–H and O–H groups in total. The predicted molar refractivity (Wildman–Crippen MR) is 276 cm³/mol. The summed E-state index contributed by atoms with van der Waals surface area (Å²) in [7, 11) is 0. The number of hydrogen-bond acceptors (Lipinski definition) is 7. The van der Waals surface area contributed by atoms with Crippen LogP contribution >= 0.6 is 0 Å². The van der Waals surface area contributed by atoms with Gasteiger partial charge in [-0.1, -0.05) is 94.4 Å². The molecule has 0 saturated carbocycles. The molecule has 4 heterocycles. The van der Waals surface area contributed by atoms with Gasteiger partial charge in [-0.15, -0.1) is 0 Å². The lowest BCUT2D eigenvalue weighted by Gasteiger charge is -2.48. The molecule has 342 valence electrons. The third-order valence-electron chi connectivity index (χ3n) is 13.9. The molecule has 0 amide bonds. The van der Waals surface area contributed by atoms with E-state index in [4.69, 9.17) is 18.3 Å². The molecule has 7 nitrogen and oxygen atoms in total. The van der Waals surface area contributed by atoms with Crippen molar-refractivity contribution >= 4 is 38.4 Å². The molecule has 0 saturated heterocycles. The summed E-state index contributed by atoms with van der Waals surface area (Å²) >= 11 is 0. The molecular formula is C60H61NO6. The van der Waals surface area contributed by atoms with Gasteiger partial charge in [0.05, 0.1) is 16.5 Å². The third kappa shape index (κ3) is 7.90. The van der Waals surface area contributed by atoms with E-state index in [-0.39, 0.29) is 16.5 Å². The molecule has 2 aromatic heterocycles. The summed E-state index contributed by atoms with van der Waals surface area (Å²) in [4.78, 5) is 30.3. The van der Waals surface area contributed by atoms with Crippen molar-refractivity contribution in [1.29, 1.82) is 0 Å². The van der Waals surface area contributed by atoms with Gasteiger partial charge < -0.3 is 23.2 Å². The lowest BCUT2D eigenvalue weighted by Crippen LogP contribution is -2.44. The van der Waals surface area contributed by atoms with Crippen LogP contribution in [-0.2, 0) is 10.8 Å². The predicted octanol–water partition coefficient (Wildman–Crippen LogP) is 14.9. The summed E-state index contributed by atoms with van der Waals surface area (Å²) in [6.07, 6.45) is 2.11. The monoisotopic (exact) mass is 891 g/mol. The lowest BCUT2D eigenvalue weighted by atomic mass is 9.69. The molecule has 0 atom stereocenters. The number of nitrogens with zero attached hydrogens (tertiary/aromatic N) is 1. The fourth-order valence-electron chi connectivity index (χ4n) is 10.6. The molecule has 0 radical (unpaired) electrons. The zero-order valence-corrected chi connectivity index (χ0v) is 41.0. The molecule has 2 aliphatic rings. The maximum absolute atomic E-state index is 14.0. The van der Waals surface area contributed by atoms with E-state index in [1.165, 1.54) is 16.8 Å². The van der Waals surface area contributed by atoms with Gasteiger partial charge in [0, 0.05) is 41.9 Å². The second-order valence-electron chi connectivity index (χ2n) is 22.2. The minimum atomic E-state index is -0.504. The molecule has 67 heavy (non-hydrogen) atoms. The molecular weight excluding hydrogens is 831 g/mol. The van der Waals surface area contributed by atoms with Gasteiger partial charge in [0.1, 0.15) is 33.9 Å². The Hall–Kier alpha value is -6.60. The van der Waals surface area contributed by atoms with Crippen LogP contribution in [0.2, 0.25) is 0 Å². The fourth-order valence-corrected chi connectivity index (χ4v) is 10.6. The summed E-state index contributed by atoms with van der Waals surface area (Å²) in [6.45, 7) is 27.5. The smallest absolute Gasteiger partial charge is 0.344 e. The highest BCUT2D eigenvalue weighted by Gasteiger charge is 2.42. The Balaban J connectivity index is 1.04. The van der Waals surface area contributed by atoms with Crippen LogP contribution in [0.5, 0.6) is 11.5 Å². The SMILES string of the molecule is Cc1ccc2c(-c3cccc(-c4cc5c(OC(C)(C)C)cc(OC(C)(C)C)cc5oc4=O)c3)c(C)ccc2c1-c1ccc(-c2cc3cc4c5c(c3oc2=O)C(C)(C)CCN5CCC4(C)C)cc1. The van der Waals surface area contributed by atoms with Crippen LogP contribution in [0.15, 0.2) is 122 Å². The van der Waals surface area contributed by atoms with Crippen molar-refractivity contribution in [2.45, 2.75) is 118 Å². The first-order chi connectivity index (χ1) is 31.5. The molecule has 2 aliphatic heterocycles. The van der Waals surface area contributed by atoms with E-state index in [0.29, 0.717) is 33.6 Å². The van der Waals surface area contributed by atoms with Crippen molar-refractivity contribution in [3.63, 3.8) is 0 Å². The Morgan fingerprint density at radius 2 is 1.15 bits per heavy atom. The highest BCUT2D eigenvalue weighted by Crippen LogP contribution is 2.52. The van der Waals surface area contributed by atoms with E-state index in [0.717, 1.165) is 92.2 Å². The summed E-state index contributed by atoms with van der Waals surface area (Å²) in [5.74, 6) is 1.15. The van der Waals surface area contributed by atoms with Crippen LogP contribution in [-0.4, -0.2) is 24.3 Å². The van der Waals surface area contributed by atoms with Crippen molar-refractivity contribution in [1.82, 2.24) is 0 Å². The molecule has 8 aromatic rings. The van der Waals surface area contributed by atoms with E-state index in [2.05, 4.69) is 107 Å². The van der Waals surface area contributed by atoms with Gasteiger partial charge in [-0.05, 0) is 164 Å². The Kier molecular flexibility index (Phi) is 10.2. The number of fused-ring (bicyclic) bond motifs is 4. The van der Waals surface area contributed by atoms with Gasteiger partial charge in [0.15, 0.2) is 0 Å². The number of anilines is 1. The summed E-state index contributed by atoms with van der Waals surface area (Å²) in [5, 5.41) is 3.89. The van der Waals surface area contributed by atoms with E-state index >= 15 is 0 Å². The Morgan fingerprint density at radius 3 is 1.81 bits per heavy atom. The van der Waals surface area contributed by atoms with E-state index < -0.39 is 16.8 Å². The van der Waals surface area contributed by atoms with Crippen LogP contribution in [0.1, 0.15) is 104 Å². The summed E-state index contributed by atoms with van der Waals surface area (Å²) < 4.78 is 25.1. The first kappa shape index (κ1) is 44.2. The number of aryl methyl sites for hydroxylation is 2. The first-order valence-corrected chi connectivity index (χ1v) is 23.7. The number of ether oxygens (including phenoxy) is 2. The topological polar surface area (TPSA) is 82.1 Å². The molecule has 7 heteroatoms. The zero-order valence-electron chi connectivity index (χ0n) is 41.0.